The van der Waals surface area contributed by atoms with Gasteiger partial charge in [0.2, 0.25) is 0 Å². The van der Waals surface area contributed by atoms with Crippen LogP contribution in [0.3, 0.4) is 0 Å². The van der Waals surface area contributed by atoms with Crippen molar-refractivity contribution in [3.63, 3.8) is 0 Å². The van der Waals surface area contributed by atoms with Crippen LogP contribution >= 0.6 is 0 Å². The van der Waals surface area contributed by atoms with E-state index in [9.17, 15) is 44.3 Å². The summed E-state index contributed by atoms with van der Waals surface area (Å²) in [4.78, 5) is 10.3. The van der Waals surface area contributed by atoms with E-state index in [1.54, 1.807) is 0 Å². The summed E-state index contributed by atoms with van der Waals surface area (Å²) in [5.74, 6) is -22.1. The summed E-state index contributed by atoms with van der Waals surface area (Å²) in [7, 11) is 0. The average molecular weight is 318 g/mol. The number of alkyl halides is 9. The monoisotopic (exact) mass is 318 g/mol. The van der Waals surface area contributed by atoms with Crippen molar-refractivity contribution in [3.05, 3.63) is 12.7 Å². The van der Waals surface area contributed by atoms with Crippen LogP contribution in [0.4, 0.5) is 39.5 Å². The molecule has 0 saturated heterocycles. The Hall–Kier alpha value is -1.42. The van der Waals surface area contributed by atoms with Gasteiger partial charge in [-0.1, -0.05) is 6.58 Å². The zero-order valence-corrected chi connectivity index (χ0v) is 9.58. The summed E-state index contributed by atoms with van der Waals surface area (Å²) >= 11 is 0. The molecule has 0 saturated carbocycles. The van der Waals surface area contributed by atoms with Gasteiger partial charge in [-0.2, -0.15) is 35.1 Å². The van der Waals surface area contributed by atoms with Gasteiger partial charge in [-0.25, -0.2) is 9.18 Å². The summed E-state index contributed by atoms with van der Waals surface area (Å²) in [6.07, 6.45) is -10.3. The second-order valence-corrected chi connectivity index (χ2v) is 3.53. The summed E-state index contributed by atoms with van der Waals surface area (Å²) in [5.41, 5.74) is 0. The van der Waals surface area contributed by atoms with E-state index in [-0.39, 0.29) is 13.0 Å². The molecule has 118 valence electrons. The maximum absolute atomic E-state index is 12.9. The third-order valence-corrected chi connectivity index (χ3v) is 2.07. The smallest absolute Gasteiger partial charge is 0.393 e. The normalized spacial score (nSPS) is 15.7. The van der Waals surface area contributed by atoms with Crippen molar-refractivity contribution in [2.75, 3.05) is 0 Å². The Morgan fingerprint density at radius 3 is 1.75 bits per heavy atom. The standard InChI is InChI=1S/C9H7F9O2/c1-3-5(19)20-9(17,18)8(15,16)7(13,14)6(11,12)4(2)10/h3-4H,1H2,2H3. The summed E-state index contributed by atoms with van der Waals surface area (Å²) < 4.78 is 117. The van der Waals surface area contributed by atoms with Gasteiger partial charge < -0.3 is 4.74 Å². The van der Waals surface area contributed by atoms with Crippen LogP contribution in [0.15, 0.2) is 12.7 Å². The quantitative estimate of drug-likeness (QED) is 0.425. The lowest BCUT2D eigenvalue weighted by molar-refractivity contribution is -0.420. The molecule has 0 bridgehead atoms. The molecule has 1 unspecified atom stereocenters. The van der Waals surface area contributed by atoms with Crippen LogP contribution in [0, 0.1) is 0 Å². The number of rotatable bonds is 6. The minimum Gasteiger partial charge on any atom is -0.393 e. The lowest BCUT2D eigenvalue weighted by Crippen LogP contribution is -2.65. The van der Waals surface area contributed by atoms with Crippen LogP contribution in [0.5, 0.6) is 0 Å². The maximum Gasteiger partial charge on any atom is 0.473 e. The Morgan fingerprint density at radius 2 is 1.45 bits per heavy atom. The Kier molecular flexibility index (Phi) is 4.80. The highest BCUT2D eigenvalue weighted by atomic mass is 19.4. The molecule has 0 amide bonds. The Labute approximate surface area is 106 Å². The molecular weight excluding hydrogens is 311 g/mol. The summed E-state index contributed by atoms with van der Waals surface area (Å²) in [6.45, 7) is 2.29. The molecule has 11 heteroatoms. The van der Waals surface area contributed by atoms with Gasteiger partial charge in [0.05, 0.1) is 0 Å². The van der Waals surface area contributed by atoms with E-state index in [1.807, 2.05) is 0 Å². The molecule has 0 aromatic heterocycles. The fraction of sp³-hybridized carbons (Fsp3) is 0.667. The van der Waals surface area contributed by atoms with Crippen LogP contribution < -0.4 is 0 Å². The number of ether oxygens (including phenoxy) is 1. The van der Waals surface area contributed by atoms with E-state index in [0.29, 0.717) is 0 Å². The van der Waals surface area contributed by atoms with Crippen LogP contribution in [0.1, 0.15) is 6.92 Å². The largest absolute Gasteiger partial charge is 0.473 e. The van der Waals surface area contributed by atoms with Gasteiger partial charge >= 0.3 is 29.8 Å². The molecule has 0 spiro atoms. The van der Waals surface area contributed by atoms with Crippen molar-refractivity contribution < 1.29 is 49.0 Å². The zero-order valence-electron chi connectivity index (χ0n) is 9.58. The van der Waals surface area contributed by atoms with Crippen LogP contribution in [0.2, 0.25) is 0 Å². The molecule has 1 atom stereocenters. The predicted molar refractivity (Wildman–Crippen MR) is 46.6 cm³/mol. The van der Waals surface area contributed by atoms with E-state index >= 15 is 0 Å². The van der Waals surface area contributed by atoms with Crippen molar-refractivity contribution in [2.45, 2.75) is 37.0 Å². The minimum absolute atomic E-state index is 0.0853. The Morgan fingerprint density at radius 1 is 1.05 bits per heavy atom. The highest BCUT2D eigenvalue weighted by Crippen LogP contribution is 2.54. The molecule has 0 aliphatic carbocycles. The van der Waals surface area contributed by atoms with Crippen LogP contribution in [-0.2, 0) is 9.53 Å². The van der Waals surface area contributed by atoms with Crippen molar-refractivity contribution >= 4 is 5.97 Å². The van der Waals surface area contributed by atoms with Crippen molar-refractivity contribution in [1.29, 1.82) is 0 Å². The van der Waals surface area contributed by atoms with E-state index in [0.717, 1.165) is 0 Å². The van der Waals surface area contributed by atoms with Gasteiger partial charge in [-0.3, -0.25) is 0 Å². The number of esters is 1. The molecule has 0 rings (SSSR count). The van der Waals surface area contributed by atoms with Crippen LogP contribution in [-0.4, -0.2) is 36.0 Å². The number of carbonyl (C=O) groups is 1. The molecular formula is C9H7F9O2. The summed E-state index contributed by atoms with van der Waals surface area (Å²) in [6, 6.07) is 0. The van der Waals surface area contributed by atoms with Gasteiger partial charge in [-0.15, -0.1) is 0 Å². The molecule has 0 fully saturated rings. The molecule has 0 aromatic rings. The molecule has 0 aliphatic heterocycles. The molecule has 2 nitrogen and oxygen atoms in total. The highest BCUT2D eigenvalue weighted by molar-refractivity contribution is 5.81. The van der Waals surface area contributed by atoms with E-state index in [4.69, 9.17) is 0 Å². The fourth-order valence-electron chi connectivity index (χ4n) is 0.874. The first-order valence-corrected chi connectivity index (χ1v) is 4.66. The third kappa shape index (κ3) is 2.70. The van der Waals surface area contributed by atoms with Crippen LogP contribution in [0.25, 0.3) is 0 Å². The summed E-state index contributed by atoms with van der Waals surface area (Å²) in [5, 5.41) is 0. The van der Waals surface area contributed by atoms with Gasteiger partial charge in [0, 0.05) is 6.08 Å². The molecule has 0 aliphatic rings. The molecule has 0 radical (unpaired) electrons. The Balaban J connectivity index is 5.71. The first-order chi connectivity index (χ1) is 8.65. The van der Waals surface area contributed by atoms with Crippen molar-refractivity contribution in [1.82, 2.24) is 0 Å². The zero-order chi connectivity index (χ0) is 16.6. The molecule has 20 heavy (non-hydrogen) atoms. The average Bonchev–Trinajstić information content (AvgIpc) is 2.27. The van der Waals surface area contributed by atoms with Gasteiger partial charge in [0.1, 0.15) is 0 Å². The SMILES string of the molecule is C=CC(=O)OC(F)(F)C(F)(F)C(F)(F)C(F)(F)C(C)F. The third-order valence-electron chi connectivity index (χ3n) is 2.07. The van der Waals surface area contributed by atoms with E-state index in [2.05, 4.69) is 11.3 Å². The lowest BCUT2D eigenvalue weighted by Gasteiger charge is -2.36. The number of carbonyl (C=O) groups excluding carboxylic acids is 1. The molecule has 0 heterocycles. The molecule has 0 N–H and O–H groups in total. The van der Waals surface area contributed by atoms with Crippen molar-refractivity contribution in [2.24, 2.45) is 0 Å². The maximum atomic E-state index is 12.9. The van der Waals surface area contributed by atoms with Gasteiger partial charge in [0.25, 0.3) is 0 Å². The van der Waals surface area contributed by atoms with Crippen molar-refractivity contribution in [3.8, 4) is 0 Å². The lowest BCUT2D eigenvalue weighted by atomic mass is 10.0. The number of hydrogen-bond donors (Lipinski definition) is 0. The fourth-order valence-corrected chi connectivity index (χ4v) is 0.874. The number of hydrogen-bond acceptors (Lipinski definition) is 2. The van der Waals surface area contributed by atoms with Gasteiger partial charge in [0.15, 0.2) is 6.17 Å². The number of halogens is 9. The highest BCUT2D eigenvalue weighted by Gasteiger charge is 2.83. The first-order valence-electron chi connectivity index (χ1n) is 4.66. The van der Waals surface area contributed by atoms with E-state index < -0.39 is 36.0 Å². The second-order valence-electron chi connectivity index (χ2n) is 3.53. The van der Waals surface area contributed by atoms with E-state index in [1.165, 1.54) is 0 Å². The first kappa shape index (κ1) is 18.6. The van der Waals surface area contributed by atoms with Gasteiger partial charge in [-0.05, 0) is 6.92 Å². The second kappa shape index (κ2) is 5.17. The Bertz CT molecular complexity index is 389. The predicted octanol–water partition coefficient (Wildman–Crippen LogP) is 3.57. The topological polar surface area (TPSA) is 26.3 Å². The minimum atomic E-state index is -6.86. The molecule has 0 aromatic carbocycles.